The highest BCUT2D eigenvalue weighted by atomic mass is 16.1. The molecule has 88 valence electrons. The van der Waals surface area contributed by atoms with Crippen LogP contribution in [0.4, 0.5) is 0 Å². The molecule has 1 N–H and O–H groups in total. The van der Waals surface area contributed by atoms with Gasteiger partial charge in [0.05, 0.1) is 12.1 Å². The molecule has 0 atom stereocenters. The van der Waals surface area contributed by atoms with E-state index < -0.39 is 0 Å². The van der Waals surface area contributed by atoms with E-state index in [2.05, 4.69) is 29.0 Å². The van der Waals surface area contributed by atoms with E-state index in [9.17, 15) is 4.79 Å². The summed E-state index contributed by atoms with van der Waals surface area (Å²) >= 11 is 0. The van der Waals surface area contributed by atoms with Crippen molar-refractivity contribution in [1.82, 2.24) is 9.97 Å². The third-order valence-electron chi connectivity index (χ3n) is 2.64. The molecule has 1 aromatic heterocycles. The molecule has 2 aromatic rings. The van der Waals surface area contributed by atoms with Crippen molar-refractivity contribution in [1.29, 1.82) is 0 Å². The SMILES string of the molecule is CC(=O)Cc1nc(-c2cccc(C)c2)c(C)[nH]1. The molecule has 1 aromatic carbocycles. The number of Topliss-reactive ketones (excluding diaryl/α,β-unsaturated/α-hetero) is 1. The average molecular weight is 228 g/mol. The Morgan fingerprint density at radius 3 is 2.76 bits per heavy atom. The molecule has 0 spiro atoms. The first-order chi connectivity index (χ1) is 8.06. The minimum atomic E-state index is 0.120. The predicted octanol–water partition coefficient (Wildman–Crippen LogP) is 2.83. The zero-order valence-corrected chi connectivity index (χ0v) is 10.4. The maximum atomic E-state index is 11.1. The van der Waals surface area contributed by atoms with E-state index in [0.717, 1.165) is 22.8 Å². The van der Waals surface area contributed by atoms with Crippen LogP contribution in [0.15, 0.2) is 24.3 Å². The van der Waals surface area contributed by atoms with Crippen molar-refractivity contribution in [3.05, 3.63) is 41.3 Å². The van der Waals surface area contributed by atoms with Crippen LogP contribution in [0.2, 0.25) is 0 Å². The smallest absolute Gasteiger partial charge is 0.137 e. The van der Waals surface area contributed by atoms with Crippen LogP contribution >= 0.6 is 0 Å². The van der Waals surface area contributed by atoms with Crippen LogP contribution in [0.5, 0.6) is 0 Å². The van der Waals surface area contributed by atoms with Gasteiger partial charge >= 0.3 is 0 Å². The fourth-order valence-corrected chi connectivity index (χ4v) is 1.92. The molecule has 0 saturated carbocycles. The van der Waals surface area contributed by atoms with Crippen molar-refractivity contribution < 1.29 is 4.79 Å². The van der Waals surface area contributed by atoms with Gasteiger partial charge in [0, 0.05) is 11.3 Å². The van der Waals surface area contributed by atoms with E-state index in [0.29, 0.717) is 6.42 Å². The highest BCUT2D eigenvalue weighted by Crippen LogP contribution is 2.22. The Balaban J connectivity index is 2.39. The first-order valence-electron chi connectivity index (χ1n) is 5.68. The van der Waals surface area contributed by atoms with Gasteiger partial charge in [-0.15, -0.1) is 0 Å². The van der Waals surface area contributed by atoms with Crippen LogP contribution in [0.25, 0.3) is 11.3 Å². The summed E-state index contributed by atoms with van der Waals surface area (Å²) in [6.45, 7) is 5.61. The summed E-state index contributed by atoms with van der Waals surface area (Å²) in [5.41, 5.74) is 4.24. The van der Waals surface area contributed by atoms with Crippen molar-refractivity contribution in [2.45, 2.75) is 27.2 Å². The molecular weight excluding hydrogens is 212 g/mol. The molecule has 1 heterocycles. The Labute approximate surface area is 101 Å². The van der Waals surface area contributed by atoms with E-state index in [1.165, 1.54) is 5.56 Å². The zero-order chi connectivity index (χ0) is 12.4. The van der Waals surface area contributed by atoms with Gasteiger partial charge < -0.3 is 4.98 Å². The third kappa shape index (κ3) is 2.61. The summed E-state index contributed by atoms with van der Waals surface area (Å²) in [6, 6.07) is 8.21. The zero-order valence-electron chi connectivity index (χ0n) is 10.4. The molecule has 0 saturated heterocycles. The monoisotopic (exact) mass is 228 g/mol. The number of hydrogen-bond acceptors (Lipinski definition) is 2. The molecule has 0 radical (unpaired) electrons. The lowest BCUT2D eigenvalue weighted by atomic mass is 10.1. The molecule has 0 aliphatic rings. The summed E-state index contributed by atoms with van der Waals surface area (Å²) in [4.78, 5) is 18.7. The van der Waals surface area contributed by atoms with Crippen molar-refractivity contribution in [2.75, 3.05) is 0 Å². The molecule has 0 fully saturated rings. The van der Waals surface area contributed by atoms with E-state index in [-0.39, 0.29) is 5.78 Å². The second-order valence-corrected chi connectivity index (χ2v) is 4.41. The Hall–Kier alpha value is -1.90. The molecule has 0 amide bonds. The molecular formula is C14H16N2O. The van der Waals surface area contributed by atoms with Gasteiger partial charge in [-0.1, -0.05) is 23.8 Å². The van der Waals surface area contributed by atoms with Crippen LogP contribution in [-0.2, 0) is 11.2 Å². The summed E-state index contributed by atoms with van der Waals surface area (Å²) in [5.74, 6) is 0.862. The quantitative estimate of drug-likeness (QED) is 0.878. The fourth-order valence-electron chi connectivity index (χ4n) is 1.92. The first kappa shape index (κ1) is 11.6. The molecule has 17 heavy (non-hydrogen) atoms. The number of rotatable bonds is 3. The van der Waals surface area contributed by atoms with Crippen LogP contribution in [-0.4, -0.2) is 15.8 Å². The summed E-state index contributed by atoms with van der Waals surface area (Å²) in [6.07, 6.45) is 0.368. The van der Waals surface area contributed by atoms with Crippen LogP contribution < -0.4 is 0 Å². The van der Waals surface area contributed by atoms with E-state index in [4.69, 9.17) is 0 Å². The molecule has 0 aliphatic carbocycles. The number of aryl methyl sites for hydroxylation is 2. The molecule has 3 nitrogen and oxygen atoms in total. The number of aromatic nitrogens is 2. The van der Waals surface area contributed by atoms with E-state index in [1.807, 2.05) is 19.1 Å². The molecule has 0 aliphatic heterocycles. The minimum Gasteiger partial charge on any atom is -0.345 e. The number of nitrogens with zero attached hydrogens (tertiary/aromatic N) is 1. The average Bonchev–Trinajstić information content (AvgIpc) is 2.58. The standard InChI is InChI=1S/C14H16N2O/c1-9-5-4-6-12(7-9)14-11(3)15-13(16-14)8-10(2)17/h4-7H,8H2,1-3H3,(H,15,16). The maximum absolute atomic E-state index is 11.1. The molecule has 3 heteroatoms. The van der Waals surface area contributed by atoms with Crippen molar-refractivity contribution in [3.8, 4) is 11.3 Å². The van der Waals surface area contributed by atoms with Gasteiger partial charge in [0.15, 0.2) is 0 Å². The van der Waals surface area contributed by atoms with Gasteiger partial charge in [-0.05, 0) is 26.8 Å². The van der Waals surface area contributed by atoms with E-state index >= 15 is 0 Å². The second kappa shape index (κ2) is 4.53. The Bertz CT molecular complexity index is 555. The number of benzene rings is 1. The fraction of sp³-hybridized carbons (Fsp3) is 0.286. The van der Waals surface area contributed by atoms with Crippen LogP contribution in [0.1, 0.15) is 24.0 Å². The van der Waals surface area contributed by atoms with Gasteiger partial charge in [-0.25, -0.2) is 4.98 Å². The molecule has 2 rings (SSSR count). The van der Waals surface area contributed by atoms with Crippen molar-refractivity contribution in [3.63, 3.8) is 0 Å². The maximum Gasteiger partial charge on any atom is 0.137 e. The van der Waals surface area contributed by atoms with Crippen LogP contribution in [0, 0.1) is 13.8 Å². The van der Waals surface area contributed by atoms with E-state index in [1.54, 1.807) is 6.92 Å². The lowest BCUT2D eigenvalue weighted by Crippen LogP contribution is -1.98. The number of hydrogen-bond donors (Lipinski definition) is 1. The normalized spacial score (nSPS) is 10.5. The largest absolute Gasteiger partial charge is 0.345 e. The second-order valence-electron chi connectivity index (χ2n) is 4.41. The Kier molecular flexibility index (Phi) is 3.09. The summed E-state index contributed by atoms with van der Waals surface area (Å²) in [7, 11) is 0. The number of ketones is 1. The highest BCUT2D eigenvalue weighted by molar-refractivity contribution is 5.77. The minimum absolute atomic E-state index is 0.120. The van der Waals surface area contributed by atoms with Crippen molar-refractivity contribution >= 4 is 5.78 Å². The Morgan fingerprint density at radius 2 is 2.12 bits per heavy atom. The van der Waals surface area contributed by atoms with Gasteiger partial charge in [0.1, 0.15) is 11.6 Å². The lowest BCUT2D eigenvalue weighted by molar-refractivity contribution is -0.116. The van der Waals surface area contributed by atoms with Crippen molar-refractivity contribution in [2.24, 2.45) is 0 Å². The van der Waals surface area contributed by atoms with Crippen LogP contribution in [0.3, 0.4) is 0 Å². The third-order valence-corrected chi connectivity index (χ3v) is 2.64. The number of H-pyrrole nitrogens is 1. The number of aromatic amines is 1. The Morgan fingerprint density at radius 1 is 1.35 bits per heavy atom. The van der Waals surface area contributed by atoms with Gasteiger partial charge in [0.2, 0.25) is 0 Å². The number of carbonyl (C=O) groups excluding carboxylic acids is 1. The highest BCUT2D eigenvalue weighted by Gasteiger charge is 2.10. The lowest BCUT2D eigenvalue weighted by Gasteiger charge is -1.99. The number of nitrogens with one attached hydrogen (secondary N) is 1. The topological polar surface area (TPSA) is 45.8 Å². The van der Waals surface area contributed by atoms with Gasteiger partial charge in [-0.2, -0.15) is 0 Å². The number of carbonyl (C=O) groups is 1. The predicted molar refractivity (Wildman–Crippen MR) is 67.9 cm³/mol. The summed E-state index contributed by atoms with van der Waals surface area (Å²) < 4.78 is 0. The molecule has 0 unspecified atom stereocenters. The molecule has 0 bridgehead atoms. The first-order valence-corrected chi connectivity index (χ1v) is 5.68. The van der Waals surface area contributed by atoms with Gasteiger partial charge in [-0.3, -0.25) is 4.79 Å². The summed E-state index contributed by atoms with van der Waals surface area (Å²) in [5, 5.41) is 0. The number of imidazole rings is 1. The van der Waals surface area contributed by atoms with Gasteiger partial charge in [0.25, 0.3) is 0 Å².